The van der Waals surface area contributed by atoms with Crippen LogP contribution in [0.1, 0.15) is 6.92 Å². The minimum Gasteiger partial charge on any atom is -0.394 e. The van der Waals surface area contributed by atoms with E-state index in [-0.39, 0.29) is 0 Å². The molecule has 0 radical (unpaired) electrons. The van der Waals surface area contributed by atoms with Gasteiger partial charge in [-0.15, -0.1) is 0 Å². The molecule has 1 unspecified atom stereocenters. The molecule has 0 aromatic carbocycles. The third-order valence-corrected chi connectivity index (χ3v) is 4.09. The molecule has 0 aromatic heterocycles. The van der Waals surface area contributed by atoms with Gasteiger partial charge in [-0.3, -0.25) is 4.55 Å². The third kappa shape index (κ3) is 1.90. The van der Waals surface area contributed by atoms with E-state index < -0.39 is 40.2 Å². The van der Waals surface area contributed by atoms with Crippen molar-refractivity contribution in [1.29, 1.82) is 0 Å². The zero-order valence-corrected chi connectivity index (χ0v) is 8.53. The quantitative estimate of drug-likeness (QED) is 0.323. The SMILES string of the molecule is CC(N)(CO)C(CO)(CO)S(=O)(=O)O. The van der Waals surface area contributed by atoms with E-state index in [1.165, 1.54) is 0 Å². The van der Waals surface area contributed by atoms with Crippen LogP contribution in [0.15, 0.2) is 0 Å². The Morgan fingerprint density at radius 1 is 1.14 bits per heavy atom. The number of hydrogen-bond donors (Lipinski definition) is 5. The van der Waals surface area contributed by atoms with Gasteiger partial charge in [0, 0.05) is 0 Å². The van der Waals surface area contributed by atoms with Gasteiger partial charge in [0.05, 0.1) is 25.4 Å². The van der Waals surface area contributed by atoms with Gasteiger partial charge >= 0.3 is 0 Å². The van der Waals surface area contributed by atoms with Crippen molar-refractivity contribution in [3.05, 3.63) is 0 Å². The lowest BCUT2D eigenvalue weighted by atomic mass is 9.87. The van der Waals surface area contributed by atoms with E-state index in [2.05, 4.69) is 0 Å². The highest BCUT2D eigenvalue weighted by molar-refractivity contribution is 7.87. The molecule has 8 heteroatoms. The van der Waals surface area contributed by atoms with Crippen LogP contribution < -0.4 is 5.73 Å². The first-order valence-corrected chi connectivity index (χ1v) is 5.21. The molecule has 6 N–H and O–H groups in total. The van der Waals surface area contributed by atoms with Gasteiger partial charge in [-0.25, -0.2) is 0 Å². The fraction of sp³-hybridized carbons (Fsp3) is 1.00. The molecule has 0 rings (SSSR count). The summed E-state index contributed by atoms with van der Waals surface area (Å²) in [5.41, 5.74) is 3.55. The normalized spacial score (nSPS) is 17.9. The maximum absolute atomic E-state index is 11.0. The molecule has 0 amide bonds. The number of rotatable bonds is 5. The molecule has 14 heavy (non-hydrogen) atoms. The molecule has 0 bridgehead atoms. The number of aliphatic hydroxyl groups excluding tert-OH is 3. The summed E-state index contributed by atoms with van der Waals surface area (Å²) < 4.78 is 28.4. The van der Waals surface area contributed by atoms with Gasteiger partial charge in [0.2, 0.25) is 0 Å². The average molecular weight is 229 g/mol. The highest BCUT2D eigenvalue weighted by Gasteiger charge is 2.54. The molecule has 0 aliphatic rings. The van der Waals surface area contributed by atoms with Crippen molar-refractivity contribution in [3.63, 3.8) is 0 Å². The molecule has 1 atom stereocenters. The van der Waals surface area contributed by atoms with Crippen LogP contribution in [-0.4, -0.2) is 58.4 Å². The fourth-order valence-electron chi connectivity index (χ4n) is 1.01. The van der Waals surface area contributed by atoms with Gasteiger partial charge < -0.3 is 21.1 Å². The summed E-state index contributed by atoms with van der Waals surface area (Å²) in [7, 11) is -4.78. The van der Waals surface area contributed by atoms with Gasteiger partial charge in [-0.05, 0) is 6.92 Å². The second-order valence-electron chi connectivity index (χ2n) is 3.36. The van der Waals surface area contributed by atoms with Crippen molar-refractivity contribution >= 4 is 10.1 Å². The maximum atomic E-state index is 11.0. The van der Waals surface area contributed by atoms with Gasteiger partial charge in [0.1, 0.15) is 0 Å². The number of aliphatic hydroxyl groups is 3. The van der Waals surface area contributed by atoms with E-state index >= 15 is 0 Å². The van der Waals surface area contributed by atoms with Crippen LogP contribution in [0, 0.1) is 0 Å². The second-order valence-corrected chi connectivity index (χ2v) is 5.09. The first-order chi connectivity index (χ1) is 6.18. The Morgan fingerprint density at radius 3 is 1.57 bits per heavy atom. The number of nitrogens with two attached hydrogens (primary N) is 1. The van der Waals surface area contributed by atoms with E-state index in [9.17, 15) is 8.42 Å². The molecular weight excluding hydrogens is 214 g/mol. The topological polar surface area (TPSA) is 141 Å². The van der Waals surface area contributed by atoms with Gasteiger partial charge in [0.15, 0.2) is 4.75 Å². The molecular formula is C6H15NO6S. The smallest absolute Gasteiger partial charge is 0.277 e. The Kier molecular flexibility index (Phi) is 4.02. The zero-order chi connectivity index (χ0) is 11.6. The van der Waals surface area contributed by atoms with Gasteiger partial charge in [-0.2, -0.15) is 8.42 Å². The minimum atomic E-state index is -4.78. The Morgan fingerprint density at radius 2 is 1.50 bits per heavy atom. The fourth-order valence-corrected chi connectivity index (χ4v) is 1.99. The van der Waals surface area contributed by atoms with E-state index in [0.717, 1.165) is 6.92 Å². The van der Waals surface area contributed by atoms with E-state index in [4.69, 9.17) is 25.6 Å². The van der Waals surface area contributed by atoms with Crippen LogP contribution >= 0.6 is 0 Å². The first-order valence-electron chi connectivity index (χ1n) is 3.77. The van der Waals surface area contributed by atoms with E-state index in [0.29, 0.717) is 0 Å². The molecule has 0 aliphatic heterocycles. The average Bonchev–Trinajstić information content (AvgIpc) is 2.04. The zero-order valence-electron chi connectivity index (χ0n) is 7.71. The molecule has 0 heterocycles. The summed E-state index contributed by atoms with van der Waals surface area (Å²) in [6.07, 6.45) is 0. The van der Waals surface area contributed by atoms with Crippen molar-refractivity contribution in [2.45, 2.75) is 17.2 Å². The van der Waals surface area contributed by atoms with Crippen LogP contribution in [0.25, 0.3) is 0 Å². The largest absolute Gasteiger partial charge is 0.394 e. The van der Waals surface area contributed by atoms with Crippen LogP contribution in [0.5, 0.6) is 0 Å². The highest BCUT2D eigenvalue weighted by atomic mass is 32.2. The first kappa shape index (κ1) is 13.8. The van der Waals surface area contributed by atoms with Gasteiger partial charge in [0.25, 0.3) is 10.1 Å². The molecule has 0 saturated heterocycles. The summed E-state index contributed by atoms with van der Waals surface area (Å²) in [6.45, 7) is -1.88. The Labute approximate surface area is 81.9 Å². The van der Waals surface area contributed by atoms with Crippen molar-refractivity contribution in [1.82, 2.24) is 0 Å². The van der Waals surface area contributed by atoms with Crippen LogP contribution in [0.4, 0.5) is 0 Å². The molecule has 0 aliphatic carbocycles. The molecule has 0 saturated carbocycles. The predicted molar refractivity (Wildman–Crippen MR) is 48.1 cm³/mol. The van der Waals surface area contributed by atoms with Crippen molar-refractivity contribution in [2.24, 2.45) is 5.73 Å². The summed E-state index contributed by atoms with van der Waals surface area (Å²) in [6, 6.07) is 0. The van der Waals surface area contributed by atoms with Crippen LogP contribution in [0.2, 0.25) is 0 Å². The highest BCUT2D eigenvalue weighted by Crippen LogP contribution is 2.27. The lowest BCUT2D eigenvalue weighted by Gasteiger charge is -2.39. The molecule has 7 nitrogen and oxygen atoms in total. The maximum Gasteiger partial charge on any atom is 0.277 e. The van der Waals surface area contributed by atoms with Crippen molar-refractivity contribution in [3.8, 4) is 0 Å². The Balaban J connectivity index is 5.54. The summed E-state index contributed by atoms with van der Waals surface area (Å²) in [4.78, 5) is 0. The Bertz CT molecular complexity index is 281. The number of hydrogen-bond acceptors (Lipinski definition) is 6. The standard InChI is InChI=1S/C6H15NO6S/c1-5(7,2-8)6(3-9,4-10)14(11,12)13/h8-10H,2-4,7H2,1H3,(H,11,12,13). The lowest BCUT2D eigenvalue weighted by Crippen LogP contribution is -2.68. The lowest BCUT2D eigenvalue weighted by molar-refractivity contribution is 0.0742. The molecule has 0 fully saturated rings. The van der Waals surface area contributed by atoms with E-state index in [1.54, 1.807) is 0 Å². The van der Waals surface area contributed by atoms with Crippen molar-refractivity contribution in [2.75, 3.05) is 19.8 Å². The van der Waals surface area contributed by atoms with Crippen LogP contribution in [-0.2, 0) is 10.1 Å². The second kappa shape index (κ2) is 4.09. The van der Waals surface area contributed by atoms with E-state index in [1.807, 2.05) is 0 Å². The van der Waals surface area contributed by atoms with Gasteiger partial charge in [-0.1, -0.05) is 0 Å². The molecule has 0 spiro atoms. The summed E-state index contributed by atoms with van der Waals surface area (Å²) in [5, 5.41) is 26.6. The minimum absolute atomic E-state index is 0.812. The third-order valence-electron chi connectivity index (χ3n) is 2.37. The monoisotopic (exact) mass is 229 g/mol. The predicted octanol–water partition coefficient (Wildman–Crippen LogP) is -2.69. The molecule has 0 aromatic rings. The summed E-state index contributed by atoms with van der Waals surface area (Å²) >= 11 is 0. The summed E-state index contributed by atoms with van der Waals surface area (Å²) in [5.74, 6) is 0. The molecule has 86 valence electrons. The van der Waals surface area contributed by atoms with Crippen molar-refractivity contribution < 1.29 is 28.3 Å². The Hall–Kier alpha value is -0.250. The van der Waals surface area contributed by atoms with Crippen LogP contribution in [0.3, 0.4) is 0 Å².